The minimum atomic E-state index is 0.155. The van der Waals surface area contributed by atoms with Crippen LogP contribution in [0.5, 0.6) is 0 Å². The largest absolute Gasteiger partial charge is 0.325 e. The first-order chi connectivity index (χ1) is 6.68. The Morgan fingerprint density at radius 2 is 1.00 bits per heavy atom. The van der Waals surface area contributed by atoms with E-state index in [9.17, 15) is 0 Å². The fraction of sp³-hybridized carbons (Fsp3) is 1.00. The average Bonchev–Trinajstić information content (AvgIpc) is 2.21. The van der Waals surface area contributed by atoms with Crippen molar-refractivity contribution in [2.24, 2.45) is 5.73 Å². The van der Waals surface area contributed by atoms with Crippen molar-refractivity contribution in [1.29, 1.82) is 0 Å². The quantitative estimate of drug-likeness (QED) is 0.590. The summed E-state index contributed by atoms with van der Waals surface area (Å²) >= 11 is 0. The van der Waals surface area contributed by atoms with Gasteiger partial charge in [0, 0.05) is 5.54 Å². The molecule has 1 nitrogen and oxygen atoms in total. The topological polar surface area (TPSA) is 26.0 Å². The van der Waals surface area contributed by atoms with E-state index in [0.29, 0.717) is 0 Å². The first kappa shape index (κ1) is 14.0. The van der Waals surface area contributed by atoms with Crippen molar-refractivity contribution in [1.82, 2.24) is 0 Å². The Kier molecular flexibility index (Phi) is 8.26. The smallest absolute Gasteiger partial charge is 0.0154 e. The zero-order valence-electron chi connectivity index (χ0n) is 10.4. The Balaban J connectivity index is 3.89. The van der Waals surface area contributed by atoms with Gasteiger partial charge in [0.25, 0.3) is 0 Å². The van der Waals surface area contributed by atoms with E-state index in [-0.39, 0.29) is 5.54 Å². The van der Waals surface area contributed by atoms with Gasteiger partial charge in [-0.25, -0.2) is 0 Å². The first-order valence-electron chi connectivity index (χ1n) is 6.47. The predicted octanol–water partition coefficient (Wildman–Crippen LogP) is 4.25. The summed E-state index contributed by atoms with van der Waals surface area (Å²) < 4.78 is 0. The second-order valence-electron chi connectivity index (χ2n) is 4.67. The summed E-state index contributed by atoms with van der Waals surface area (Å²) in [6, 6.07) is 0. The molecule has 0 aliphatic carbocycles. The van der Waals surface area contributed by atoms with Gasteiger partial charge in [0.1, 0.15) is 0 Å². The van der Waals surface area contributed by atoms with Crippen LogP contribution in [-0.2, 0) is 0 Å². The van der Waals surface area contributed by atoms with E-state index in [4.69, 9.17) is 5.73 Å². The number of hydrogen-bond acceptors (Lipinski definition) is 1. The van der Waals surface area contributed by atoms with Gasteiger partial charge in [0.05, 0.1) is 0 Å². The Morgan fingerprint density at radius 1 is 0.714 bits per heavy atom. The molecule has 0 aromatic carbocycles. The molecule has 14 heavy (non-hydrogen) atoms. The lowest BCUT2D eigenvalue weighted by Crippen LogP contribution is -2.39. The molecule has 0 aromatic heterocycles. The number of rotatable bonds is 9. The Morgan fingerprint density at radius 3 is 1.21 bits per heavy atom. The Hall–Kier alpha value is -0.0400. The molecule has 0 spiro atoms. The monoisotopic (exact) mass is 199 g/mol. The highest BCUT2D eigenvalue weighted by atomic mass is 14.7. The molecule has 0 aromatic rings. The van der Waals surface area contributed by atoms with Gasteiger partial charge >= 0.3 is 0 Å². The number of nitrogens with two attached hydrogens (primary N) is 1. The molecule has 0 saturated carbocycles. The van der Waals surface area contributed by atoms with Crippen molar-refractivity contribution < 1.29 is 0 Å². The Bertz CT molecular complexity index is 98.6. The van der Waals surface area contributed by atoms with Crippen LogP contribution in [0.2, 0.25) is 0 Å². The van der Waals surface area contributed by atoms with Crippen molar-refractivity contribution in [3.63, 3.8) is 0 Å². The summed E-state index contributed by atoms with van der Waals surface area (Å²) in [7, 11) is 0. The van der Waals surface area contributed by atoms with Crippen LogP contribution in [0.1, 0.15) is 78.6 Å². The van der Waals surface area contributed by atoms with Gasteiger partial charge in [-0.3, -0.25) is 0 Å². The standard InChI is InChI=1S/C13H29N/c1-4-7-10-13(14,11-8-5-2)12-9-6-3/h4-12,14H2,1-3H3. The molecule has 2 N–H and O–H groups in total. The van der Waals surface area contributed by atoms with E-state index in [1.54, 1.807) is 0 Å². The second-order valence-corrected chi connectivity index (χ2v) is 4.67. The summed E-state index contributed by atoms with van der Waals surface area (Å²) in [5.41, 5.74) is 6.61. The molecule has 0 amide bonds. The van der Waals surface area contributed by atoms with E-state index in [0.717, 1.165) is 0 Å². The zero-order valence-corrected chi connectivity index (χ0v) is 10.4. The summed E-state index contributed by atoms with van der Waals surface area (Å²) in [6.07, 6.45) is 11.4. The van der Waals surface area contributed by atoms with Crippen molar-refractivity contribution in [3.8, 4) is 0 Å². The average molecular weight is 199 g/mol. The third-order valence-corrected chi connectivity index (χ3v) is 3.08. The van der Waals surface area contributed by atoms with Crippen LogP contribution < -0.4 is 5.73 Å². The minimum Gasteiger partial charge on any atom is -0.325 e. The van der Waals surface area contributed by atoms with E-state index in [2.05, 4.69) is 20.8 Å². The molecule has 0 bridgehead atoms. The summed E-state index contributed by atoms with van der Waals surface area (Å²) in [5, 5.41) is 0. The van der Waals surface area contributed by atoms with E-state index >= 15 is 0 Å². The van der Waals surface area contributed by atoms with Crippen molar-refractivity contribution >= 4 is 0 Å². The molecule has 0 fully saturated rings. The van der Waals surface area contributed by atoms with E-state index in [1.807, 2.05) is 0 Å². The lowest BCUT2D eigenvalue weighted by Gasteiger charge is -2.29. The second kappa shape index (κ2) is 8.28. The van der Waals surface area contributed by atoms with Crippen LogP contribution in [0, 0.1) is 0 Å². The molecule has 0 atom stereocenters. The molecule has 0 rings (SSSR count). The van der Waals surface area contributed by atoms with Crippen LogP contribution in [-0.4, -0.2) is 5.54 Å². The molecule has 0 heterocycles. The third kappa shape index (κ3) is 6.42. The van der Waals surface area contributed by atoms with Gasteiger partial charge in [-0.1, -0.05) is 59.3 Å². The summed E-state index contributed by atoms with van der Waals surface area (Å²) in [5.74, 6) is 0. The van der Waals surface area contributed by atoms with Crippen molar-refractivity contribution in [2.45, 2.75) is 84.1 Å². The van der Waals surface area contributed by atoms with Gasteiger partial charge in [-0.15, -0.1) is 0 Å². The SMILES string of the molecule is CCCCC(N)(CCCC)CCCC. The fourth-order valence-corrected chi connectivity index (χ4v) is 1.96. The highest BCUT2D eigenvalue weighted by Gasteiger charge is 2.22. The van der Waals surface area contributed by atoms with Crippen molar-refractivity contribution in [3.05, 3.63) is 0 Å². The van der Waals surface area contributed by atoms with Crippen LogP contribution in [0.15, 0.2) is 0 Å². The van der Waals surface area contributed by atoms with Crippen LogP contribution in [0.4, 0.5) is 0 Å². The van der Waals surface area contributed by atoms with E-state index in [1.165, 1.54) is 57.8 Å². The van der Waals surface area contributed by atoms with Gasteiger partial charge in [0.15, 0.2) is 0 Å². The molecule has 0 radical (unpaired) electrons. The van der Waals surface area contributed by atoms with Gasteiger partial charge in [-0.2, -0.15) is 0 Å². The van der Waals surface area contributed by atoms with Crippen molar-refractivity contribution in [2.75, 3.05) is 0 Å². The van der Waals surface area contributed by atoms with Crippen LogP contribution >= 0.6 is 0 Å². The maximum Gasteiger partial charge on any atom is 0.0154 e. The molecule has 0 saturated heterocycles. The Labute approximate surface area is 90.5 Å². The molecule has 1 heteroatoms. The molecule has 0 aliphatic heterocycles. The predicted molar refractivity (Wildman–Crippen MR) is 65.5 cm³/mol. The molecule has 0 aliphatic rings. The molecule has 86 valence electrons. The summed E-state index contributed by atoms with van der Waals surface area (Å²) in [4.78, 5) is 0. The highest BCUT2D eigenvalue weighted by Crippen LogP contribution is 2.24. The maximum atomic E-state index is 6.46. The normalized spacial score (nSPS) is 12.0. The maximum absolute atomic E-state index is 6.46. The van der Waals surface area contributed by atoms with Gasteiger partial charge in [-0.05, 0) is 19.3 Å². The fourth-order valence-electron chi connectivity index (χ4n) is 1.96. The van der Waals surface area contributed by atoms with Gasteiger partial charge < -0.3 is 5.73 Å². The summed E-state index contributed by atoms with van der Waals surface area (Å²) in [6.45, 7) is 6.75. The lowest BCUT2D eigenvalue weighted by molar-refractivity contribution is 0.313. The highest BCUT2D eigenvalue weighted by molar-refractivity contribution is 4.83. The van der Waals surface area contributed by atoms with Crippen LogP contribution in [0.3, 0.4) is 0 Å². The van der Waals surface area contributed by atoms with Crippen LogP contribution in [0.25, 0.3) is 0 Å². The number of hydrogen-bond donors (Lipinski definition) is 1. The lowest BCUT2D eigenvalue weighted by atomic mass is 9.84. The van der Waals surface area contributed by atoms with E-state index < -0.39 is 0 Å². The molecule has 0 unspecified atom stereocenters. The first-order valence-corrected chi connectivity index (χ1v) is 6.47. The third-order valence-electron chi connectivity index (χ3n) is 3.08. The minimum absolute atomic E-state index is 0.155. The van der Waals surface area contributed by atoms with Gasteiger partial charge in [0.2, 0.25) is 0 Å². The molecular formula is C13H29N. The number of unbranched alkanes of at least 4 members (excludes halogenated alkanes) is 3. The zero-order chi connectivity index (χ0) is 10.9. The molecular weight excluding hydrogens is 170 g/mol.